The summed E-state index contributed by atoms with van der Waals surface area (Å²) in [5.41, 5.74) is 1.62. The third-order valence-corrected chi connectivity index (χ3v) is 4.46. The van der Waals surface area contributed by atoms with Crippen LogP contribution in [0.15, 0.2) is 59.6 Å². The molecule has 8 heteroatoms. The van der Waals surface area contributed by atoms with Crippen LogP contribution in [0.25, 0.3) is 0 Å². The highest BCUT2D eigenvalue weighted by Crippen LogP contribution is 2.10. The van der Waals surface area contributed by atoms with Crippen molar-refractivity contribution < 1.29 is 14.6 Å². The van der Waals surface area contributed by atoms with Gasteiger partial charge in [-0.25, -0.2) is 0 Å². The molecule has 1 unspecified atom stereocenters. The van der Waals surface area contributed by atoms with Gasteiger partial charge in [-0.1, -0.05) is 43.3 Å². The number of hydrogen-bond donors (Lipinski definition) is 4. The van der Waals surface area contributed by atoms with Crippen molar-refractivity contribution in [2.75, 3.05) is 32.8 Å². The number of halogens is 1. The molecule has 32 heavy (non-hydrogen) atoms. The van der Waals surface area contributed by atoms with Crippen molar-refractivity contribution in [3.63, 3.8) is 0 Å². The number of nitrogens with zero attached hydrogens (tertiary/aromatic N) is 1. The second-order valence-corrected chi connectivity index (χ2v) is 7.41. The van der Waals surface area contributed by atoms with Crippen LogP contribution in [-0.4, -0.2) is 49.8 Å². The van der Waals surface area contributed by atoms with Crippen LogP contribution >= 0.6 is 24.0 Å². The van der Waals surface area contributed by atoms with Crippen LogP contribution in [0.5, 0.6) is 5.75 Å². The molecule has 2 aromatic carbocycles. The predicted molar refractivity (Wildman–Crippen MR) is 140 cm³/mol. The zero-order chi connectivity index (χ0) is 22.3. The second kappa shape index (κ2) is 16.3. The minimum atomic E-state index is -0.194. The van der Waals surface area contributed by atoms with Crippen molar-refractivity contribution in [2.24, 2.45) is 10.9 Å². The van der Waals surface area contributed by atoms with Gasteiger partial charge in [0.1, 0.15) is 5.75 Å². The second-order valence-electron chi connectivity index (χ2n) is 7.41. The molecule has 2 aromatic rings. The number of phenolic OH excluding ortho intramolecular Hbond substituents is 1. The van der Waals surface area contributed by atoms with Crippen molar-refractivity contribution in [2.45, 2.75) is 26.9 Å². The molecule has 0 aliphatic carbocycles. The van der Waals surface area contributed by atoms with Gasteiger partial charge in [0.2, 0.25) is 0 Å². The van der Waals surface area contributed by atoms with E-state index < -0.39 is 0 Å². The van der Waals surface area contributed by atoms with E-state index in [9.17, 15) is 9.90 Å². The lowest BCUT2D eigenvalue weighted by molar-refractivity contribution is 0.0945. The van der Waals surface area contributed by atoms with Gasteiger partial charge in [0, 0.05) is 31.7 Å². The summed E-state index contributed by atoms with van der Waals surface area (Å²) in [6.07, 6.45) is 0.755. The standard InChI is InChI=1S/C24H34N4O3.HI/c1-3-25-24(28-16-19(2)17-31-18-20-9-5-4-6-10-20)27-14-8-13-26-23(30)21-11-7-12-22(29)15-21;/h4-7,9-12,15,19,29H,3,8,13-14,16-18H2,1-2H3,(H,26,30)(H2,25,27,28);1H. The van der Waals surface area contributed by atoms with Gasteiger partial charge in [-0.3, -0.25) is 9.79 Å². The average molecular weight is 554 g/mol. The summed E-state index contributed by atoms with van der Waals surface area (Å²) < 4.78 is 5.79. The number of amides is 1. The number of ether oxygens (including phenoxy) is 1. The van der Waals surface area contributed by atoms with Gasteiger partial charge in [0.25, 0.3) is 5.91 Å². The van der Waals surface area contributed by atoms with E-state index in [4.69, 9.17) is 4.74 Å². The molecule has 2 rings (SSSR count). The minimum absolute atomic E-state index is 0. The fourth-order valence-corrected chi connectivity index (χ4v) is 2.84. The minimum Gasteiger partial charge on any atom is -0.508 e. The van der Waals surface area contributed by atoms with E-state index in [1.807, 2.05) is 25.1 Å². The number of aromatic hydroxyl groups is 1. The van der Waals surface area contributed by atoms with E-state index in [0.717, 1.165) is 18.9 Å². The molecule has 176 valence electrons. The Balaban J connectivity index is 0.00000512. The summed E-state index contributed by atoms with van der Waals surface area (Å²) in [4.78, 5) is 16.7. The molecule has 0 heterocycles. The predicted octanol–water partition coefficient (Wildman–Crippen LogP) is 3.54. The highest BCUT2D eigenvalue weighted by atomic mass is 127. The smallest absolute Gasteiger partial charge is 0.251 e. The van der Waals surface area contributed by atoms with Gasteiger partial charge >= 0.3 is 0 Å². The number of guanidine groups is 1. The lowest BCUT2D eigenvalue weighted by Crippen LogP contribution is -2.39. The topological polar surface area (TPSA) is 95.0 Å². The maximum atomic E-state index is 12.1. The van der Waals surface area contributed by atoms with Crippen LogP contribution in [0.4, 0.5) is 0 Å². The Morgan fingerprint density at radius 3 is 2.53 bits per heavy atom. The van der Waals surface area contributed by atoms with E-state index in [1.165, 1.54) is 11.6 Å². The summed E-state index contributed by atoms with van der Waals surface area (Å²) >= 11 is 0. The first-order chi connectivity index (χ1) is 15.1. The molecule has 7 nitrogen and oxygen atoms in total. The Bertz CT molecular complexity index is 818. The van der Waals surface area contributed by atoms with Crippen LogP contribution in [0.2, 0.25) is 0 Å². The number of hydrogen-bond acceptors (Lipinski definition) is 4. The Kier molecular flexibility index (Phi) is 14.1. The number of phenols is 1. The van der Waals surface area contributed by atoms with Gasteiger partial charge < -0.3 is 25.8 Å². The SMILES string of the molecule is CCNC(=NCC(C)COCc1ccccc1)NCCCNC(=O)c1cccc(O)c1.I. The summed E-state index contributed by atoms with van der Waals surface area (Å²) in [5, 5.41) is 18.8. The first kappa shape index (κ1) is 27.7. The van der Waals surface area contributed by atoms with Crippen LogP contribution in [0, 0.1) is 5.92 Å². The van der Waals surface area contributed by atoms with Gasteiger partial charge in [0.15, 0.2) is 5.96 Å². The third-order valence-electron chi connectivity index (χ3n) is 4.46. The zero-order valence-corrected chi connectivity index (χ0v) is 21.2. The van der Waals surface area contributed by atoms with Crippen molar-refractivity contribution in [1.82, 2.24) is 16.0 Å². The third kappa shape index (κ3) is 11.3. The Hall–Kier alpha value is -2.33. The summed E-state index contributed by atoms with van der Waals surface area (Å²) in [5.74, 6) is 0.957. The highest BCUT2D eigenvalue weighted by Gasteiger charge is 2.06. The first-order valence-corrected chi connectivity index (χ1v) is 10.8. The molecular formula is C24H35IN4O3. The zero-order valence-electron chi connectivity index (χ0n) is 18.8. The fourth-order valence-electron chi connectivity index (χ4n) is 2.84. The molecule has 0 bridgehead atoms. The van der Waals surface area contributed by atoms with Gasteiger partial charge in [-0.15, -0.1) is 24.0 Å². The number of benzene rings is 2. The first-order valence-electron chi connectivity index (χ1n) is 10.8. The van der Waals surface area contributed by atoms with E-state index in [2.05, 4.69) is 40.0 Å². The molecule has 0 aliphatic heterocycles. The van der Waals surface area contributed by atoms with Crippen LogP contribution in [-0.2, 0) is 11.3 Å². The highest BCUT2D eigenvalue weighted by molar-refractivity contribution is 14.0. The van der Waals surface area contributed by atoms with E-state index in [0.29, 0.717) is 44.3 Å². The summed E-state index contributed by atoms with van der Waals surface area (Å²) in [7, 11) is 0. The monoisotopic (exact) mass is 554 g/mol. The van der Waals surface area contributed by atoms with Crippen LogP contribution in [0.3, 0.4) is 0 Å². The average Bonchev–Trinajstić information content (AvgIpc) is 2.77. The van der Waals surface area contributed by atoms with E-state index >= 15 is 0 Å². The molecule has 0 fully saturated rings. The van der Waals surface area contributed by atoms with Crippen molar-refractivity contribution in [3.05, 3.63) is 65.7 Å². The maximum absolute atomic E-state index is 12.1. The largest absolute Gasteiger partial charge is 0.508 e. The van der Waals surface area contributed by atoms with Crippen molar-refractivity contribution >= 4 is 35.8 Å². The number of rotatable bonds is 12. The molecule has 0 saturated heterocycles. The molecule has 1 amide bonds. The Morgan fingerprint density at radius 2 is 1.81 bits per heavy atom. The number of nitrogens with one attached hydrogen (secondary N) is 3. The normalized spacial score (nSPS) is 11.9. The molecule has 1 atom stereocenters. The molecule has 0 saturated carbocycles. The summed E-state index contributed by atoms with van der Waals surface area (Å²) in [6, 6.07) is 16.5. The van der Waals surface area contributed by atoms with Gasteiger partial charge in [-0.2, -0.15) is 0 Å². The number of aliphatic imine (C=N–C) groups is 1. The van der Waals surface area contributed by atoms with Crippen molar-refractivity contribution in [3.8, 4) is 5.75 Å². The molecule has 4 N–H and O–H groups in total. The molecule has 0 aliphatic rings. The molecule has 0 radical (unpaired) electrons. The molecule has 0 spiro atoms. The number of carbonyl (C=O) groups is 1. The quantitative estimate of drug-likeness (QED) is 0.139. The molecule has 0 aromatic heterocycles. The lowest BCUT2D eigenvalue weighted by Gasteiger charge is -2.14. The van der Waals surface area contributed by atoms with E-state index in [-0.39, 0.29) is 35.6 Å². The van der Waals surface area contributed by atoms with E-state index in [1.54, 1.807) is 18.2 Å². The van der Waals surface area contributed by atoms with Crippen LogP contribution < -0.4 is 16.0 Å². The fraction of sp³-hybridized carbons (Fsp3) is 0.417. The van der Waals surface area contributed by atoms with Crippen LogP contribution in [0.1, 0.15) is 36.2 Å². The lowest BCUT2D eigenvalue weighted by atomic mass is 10.2. The maximum Gasteiger partial charge on any atom is 0.251 e. The Morgan fingerprint density at radius 1 is 1.06 bits per heavy atom. The van der Waals surface area contributed by atoms with Gasteiger partial charge in [0.05, 0.1) is 13.2 Å². The summed E-state index contributed by atoms with van der Waals surface area (Å²) in [6.45, 7) is 8.07. The van der Waals surface area contributed by atoms with Crippen molar-refractivity contribution in [1.29, 1.82) is 0 Å². The molecular weight excluding hydrogens is 519 g/mol. The Labute approximate surface area is 208 Å². The number of carbonyl (C=O) groups excluding carboxylic acids is 1. The van der Waals surface area contributed by atoms with Gasteiger partial charge in [-0.05, 0) is 43.0 Å².